The van der Waals surface area contributed by atoms with Crippen molar-refractivity contribution in [2.75, 3.05) is 6.54 Å². The number of nitrogens with one attached hydrogen (secondary N) is 1. The Labute approximate surface area is 65.4 Å². The van der Waals surface area contributed by atoms with Crippen LogP contribution in [0.3, 0.4) is 0 Å². The van der Waals surface area contributed by atoms with Gasteiger partial charge in [-0.3, -0.25) is 4.79 Å². The van der Waals surface area contributed by atoms with Gasteiger partial charge in [0, 0.05) is 5.70 Å². The van der Waals surface area contributed by atoms with Crippen LogP contribution in [-0.4, -0.2) is 18.1 Å². The zero-order valence-corrected chi connectivity index (χ0v) is 6.16. The van der Waals surface area contributed by atoms with E-state index in [9.17, 15) is 4.79 Å². The SMILES string of the molecule is NCC/C(=C\C=C\O)NC=O. The van der Waals surface area contributed by atoms with Gasteiger partial charge in [-0.15, -0.1) is 0 Å². The molecule has 0 aromatic carbocycles. The number of allylic oxidation sites excluding steroid dienone is 2. The summed E-state index contributed by atoms with van der Waals surface area (Å²) in [7, 11) is 0. The maximum Gasteiger partial charge on any atom is 0.211 e. The maximum atomic E-state index is 9.97. The van der Waals surface area contributed by atoms with Crippen molar-refractivity contribution in [1.82, 2.24) is 5.32 Å². The molecular weight excluding hydrogens is 144 g/mol. The second-order valence-electron chi connectivity index (χ2n) is 1.83. The van der Waals surface area contributed by atoms with E-state index in [2.05, 4.69) is 5.32 Å². The summed E-state index contributed by atoms with van der Waals surface area (Å²) >= 11 is 0. The molecule has 4 heteroatoms. The first-order valence-electron chi connectivity index (χ1n) is 3.25. The summed E-state index contributed by atoms with van der Waals surface area (Å²) in [5.41, 5.74) is 5.94. The number of carbonyl (C=O) groups excluding carboxylic acids is 1. The molecule has 0 aliphatic heterocycles. The second kappa shape index (κ2) is 6.82. The van der Waals surface area contributed by atoms with Gasteiger partial charge in [-0.2, -0.15) is 0 Å². The number of hydrogen-bond acceptors (Lipinski definition) is 3. The Hall–Kier alpha value is -1.29. The topological polar surface area (TPSA) is 75.3 Å². The molecule has 1 amide bonds. The molecule has 4 nitrogen and oxygen atoms in total. The first kappa shape index (κ1) is 9.71. The van der Waals surface area contributed by atoms with E-state index in [1.807, 2.05) is 0 Å². The summed E-state index contributed by atoms with van der Waals surface area (Å²) in [6.07, 6.45) is 5.06. The lowest BCUT2D eigenvalue weighted by molar-refractivity contribution is -0.108. The molecular formula is C7H12N2O2. The van der Waals surface area contributed by atoms with Crippen molar-refractivity contribution in [2.24, 2.45) is 5.73 Å². The van der Waals surface area contributed by atoms with Crippen molar-refractivity contribution in [3.63, 3.8) is 0 Å². The number of hydrogen-bond donors (Lipinski definition) is 3. The predicted octanol–water partition coefficient (Wildman–Crippen LogP) is 0.0368. The van der Waals surface area contributed by atoms with E-state index in [-0.39, 0.29) is 0 Å². The van der Waals surface area contributed by atoms with Gasteiger partial charge in [0.05, 0.1) is 6.26 Å². The number of rotatable bonds is 5. The first-order chi connectivity index (χ1) is 5.35. The average molecular weight is 156 g/mol. The van der Waals surface area contributed by atoms with Crippen molar-refractivity contribution in [3.8, 4) is 0 Å². The van der Waals surface area contributed by atoms with E-state index in [1.165, 1.54) is 6.08 Å². The van der Waals surface area contributed by atoms with Crippen LogP contribution in [0.5, 0.6) is 0 Å². The minimum Gasteiger partial charge on any atom is -0.516 e. The van der Waals surface area contributed by atoms with Gasteiger partial charge in [-0.25, -0.2) is 0 Å². The number of carbonyl (C=O) groups is 1. The molecule has 0 heterocycles. The van der Waals surface area contributed by atoms with Crippen LogP contribution in [0.25, 0.3) is 0 Å². The third kappa shape index (κ3) is 5.17. The van der Waals surface area contributed by atoms with E-state index >= 15 is 0 Å². The molecule has 0 aromatic heterocycles. The summed E-state index contributed by atoms with van der Waals surface area (Å²) in [5, 5.41) is 10.7. The Morgan fingerprint density at radius 3 is 2.82 bits per heavy atom. The predicted molar refractivity (Wildman–Crippen MR) is 42.7 cm³/mol. The van der Waals surface area contributed by atoms with Gasteiger partial charge < -0.3 is 16.2 Å². The van der Waals surface area contributed by atoms with Crippen LogP contribution < -0.4 is 11.1 Å². The van der Waals surface area contributed by atoms with E-state index in [0.29, 0.717) is 25.1 Å². The molecule has 0 saturated carbocycles. The van der Waals surface area contributed by atoms with Gasteiger partial charge in [0.2, 0.25) is 6.41 Å². The Kier molecular flexibility index (Phi) is 6.02. The molecule has 0 atom stereocenters. The maximum absolute atomic E-state index is 9.97. The summed E-state index contributed by atoms with van der Waals surface area (Å²) in [6, 6.07) is 0. The van der Waals surface area contributed by atoms with Crippen molar-refractivity contribution >= 4 is 6.41 Å². The van der Waals surface area contributed by atoms with Crippen molar-refractivity contribution in [1.29, 1.82) is 0 Å². The van der Waals surface area contributed by atoms with Gasteiger partial charge in [0.1, 0.15) is 0 Å². The molecule has 0 rings (SSSR count). The van der Waals surface area contributed by atoms with Crippen LogP contribution in [0.1, 0.15) is 6.42 Å². The fourth-order valence-electron chi connectivity index (χ4n) is 0.594. The zero-order valence-electron chi connectivity index (χ0n) is 6.16. The van der Waals surface area contributed by atoms with Gasteiger partial charge in [0.15, 0.2) is 0 Å². The fraction of sp³-hybridized carbons (Fsp3) is 0.286. The van der Waals surface area contributed by atoms with E-state index in [4.69, 9.17) is 10.8 Å². The smallest absolute Gasteiger partial charge is 0.211 e. The summed E-state index contributed by atoms with van der Waals surface area (Å²) in [6.45, 7) is 0.464. The number of amides is 1. The van der Waals surface area contributed by atoms with E-state index < -0.39 is 0 Å². The van der Waals surface area contributed by atoms with Crippen LogP contribution in [0.4, 0.5) is 0 Å². The van der Waals surface area contributed by atoms with Crippen molar-refractivity contribution < 1.29 is 9.90 Å². The highest BCUT2D eigenvalue weighted by atomic mass is 16.2. The summed E-state index contributed by atoms with van der Waals surface area (Å²) < 4.78 is 0. The van der Waals surface area contributed by atoms with Gasteiger partial charge >= 0.3 is 0 Å². The van der Waals surface area contributed by atoms with Crippen LogP contribution >= 0.6 is 0 Å². The highest BCUT2D eigenvalue weighted by Crippen LogP contribution is 1.93. The minimum atomic E-state index is 0.464. The Morgan fingerprint density at radius 1 is 1.64 bits per heavy atom. The van der Waals surface area contributed by atoms with Gasteiger partial charge in [-0.05, 0) is 25.1 Å². The zero-order chi connectivity index (χ0) is 8.53. The van der Waals surface area contributed by atoms with Crippen molar-refractivity contribution in [3.05, 3.63) is 24.1 Å². The molecule has 0 aromatic rings. The molecule has 0 radical (unpaired) electrons. The average Bonchev–Trinajstić information content (AvgIpc) is 2.01. The Balaban J connectivity index is 3.95. The first-order valence-corrected chi connectivity index (χ1v) is 3.25. The lowest BCUT2D eigenvalue weighted by Gasteiger charge is -2.00. The van der Waals surface area contributed by atoms with Crippen LogP contribution in [0.2, 0.25) is 0 Å². The summed E-state index contributed by atoms with van der Waals surface area (Å²) in [5.74, 6) is 0. The number of nitrogens with two attached hydrogens (primary N) is 1. The van der Waals surface area contributed by atoms with E-state index in [0.717, 1.165) is 6.26 Å². The molecule has 0 aliphatic rings. The standard InChI is InChI=1S/C7H12N2O2/c8-4-3-7(9-6-11)2-1-5-10/h1-2,5-6,10H,3-4,8H2,(H,9,11)/b5-1+,7-2+. The highest BCUT2D eigenvalue weighted by molar-refractivity contribution is 5.50. The molecule has 11 heavy (non-hydrogen) atoms. The molecule has 0 aliphatic carbocycles. The molecule has 0 fully saturated rings. The molecule has 4 N–H and O–H groups in total. The monoisotopic (exact) mass is 156 g/mol. The molecule has 0 unspecified atom stereocenters. The van der Waals surface area contributed by atoms with Gasteiger partial charge in [0.25, 0.3) is 0 Å². The van der Waals surface area contributed by atoms with Crippen molar-refractivity contribution in [2.45, 2.75) is 6.42 Å². The van der Waals surface area contributed by atoms with Gasteiger partial charge in [-0.1, -0.05) is 0 Å². The normalized spacial score (nSPS) is 11.9. The van der Waals surface area contributed by atoms with E-state index in [1.54, 1.807) is 6.08 Å². The quantitative estimate of drug-likeness (QED) is 0.299. The minimum absolute atomic E-state index is 0.464. The number of aliphatic hydroxyl groups excluding tert-OH is 1. The number of aliphatic hydroxyl groups is 1. The largest absolute Gasteiger partial charge is 0.516 e. The molecule has 0 bridgehead atoms. The fourth-order valence-corrected chi connectivity index (χ4v) is 0.594. The Morgan fingerprint density at radius 2 is 2.36 bits per heavy atom. The van der Waals surface area contributed by atoms with Crippen LogP contribution in [0, 0.1) is 0 Å². The third-order valence-electron chi connectivity index (χ3n) is 1.04. The second-order valence-corrected chi connectivity index (χ2v) is 1.83. The molecule has 0 spiro atoms. The van der Waals surface area contributed by atoms with Crippen LogP contribution in [-0.2, 0) is 4.79 Å². The van der Waals surface area contributed by atoms with Crippen LogP contribution in [0.15, 0.2) is 24.1 Å². The molecule has 0 saturated heterocycles. The molecule has 62 valence electrons. The lowest BCUT2D eigenvalue weighted by Crippen LogP contribution is -2.13. The summed E-state index contributed by atoms with van der Waals surface area (Å²) in [4.78, 5) is 9.97. The third-order valence-corrected chi connectivity index (χ3v) is 1.04. The lowest BCUT2D eigenvalue weighted by atomic mass is 10.3. The highest BCUT2D eigenvalue weighted by Gasteiger charge is 1.90. The Bertz CT molecular complexity index is 164.